The largest absolute Gasteiger partial charge is 0.466 e. The van der Waals surface area contributed by atoms with Crippen LogP contribution in [0.5, 0.6) is 0 Å². The van der Waals surface area contributed by atoms with Crippen molar-refractivity contribution >= 4 is 11.6 Å². The third kappa shape index (κ3) is 3.47. The monoisotopic (exact) mass is 339 g/mol. The van der Waals surface area contributed by atoms with Crippen LogP contribution in [0.15, 0.2) is 35.1 Å². The fourth-order valence-corrected chi connectivity index (χ4v) is 2.80. The molecule has 0 atom stereocenters. The molecule has 1 aromatic carbocycles. The van der Waals surface area contributed by atoms with Gasteiger partial charge in [0, 0.05) is 23.7 Å². The van der Waals surface area contributed by atoms with Gasteiger partial charge in [-0.3, -0.25) is 14.7 Å². The van der Waals surface area contributed by atoms with E-state index in [9.17, 15) is 9.59 Å². The normalized spacial score (nSPS) is 11.0. The molecule has 2 heterocycles. The topological polar surface area (TPSA) is 76.5 Å². The quantitative estimate of drug-likeness (QED) is 0.725. The Labute approximate surface area is 145 Å². The zero-order valence-electron chi connectivity index (χ0n) is 14.6. The number of rotatable bonds is 5. The van der Waals surface area contributed by atoms with Gasteiger partial charge in [0.25, 0.3) is 5.56 Å². The SMILES string of the molecule is CCOC(=O)CCc1c(C)nc2cc(-c3ccc(C)cc3)[nH]n2c1=O. The van der Waals surface area contributed by atoms with Crippen molar-refractivity contribution < 1.29 is 9.53 Å². The molecule has 6 nitrogen and oxygen atoms in total. The number of aryl methyl sites for hydroxylation is 2. The highest BCUT2D eigenvalue weighted by Gasteiger charge is 2.14. The minimum Gasteiger partial charge on any atom is -0.466 e. The lowest BCUT2D eigenvalue weighted by atomic mass is 10.1. The summed E-state index contributed by atoms with van der Waals surface area (Å²) >= 11 is 0. The van der Waals surface area contributed by atoms with Crippen LogP contribution in [0.25, 0.3) is 16.9 Å². The second-order valence-electron chi connectivity index (χ2n) is 6.02. The van der Waals surface area contributed by atoms with Crippen LogP contribution in [0.1, 0.15) is 30.2 Å². The van der Waals surface area contributed by atoms with Gasteiger partial charge in [-0.1, -0.05) is 29.8 Å². The minimum atomic E-state index is -0.307. The smallest absolute Gasteiger partial charge is 0.306 e. The van der Waals surface area contributed by atoms with Gasteiger partial charge in [0.2, 0.25) is 0 Å². The van der Waals surface area contributed by atoms with Crippen molar-refractivity contribution in [3.05, 3.63) is 57.5 Å². The Morgan fingerprint density at radius 2 is 1.96 bits per heavy atom. The van der Waals surface area contributed by atoms with Gasteiger partial charge in [-0.25, -0.2) is 9.50 Å². The zero-order chi connectivity index (χ0) is 18.0. The van der Waals surface area contributed by atoms with E-state index in [0.717, 1.165) is 11.3 Å². The Morgan fingerprint density at radius 3 is 2.64 bits per heavy atom. The molecule has 0 aliphatic heterocycles. The lowest BCUT2D eigenvalue weighted by Crippen LogP contribution is -2.22. The highest BCUT2D eigenvalue weighted by atomic mass is 16.5. The number of benzene rings is 1. The Balaban J connectivity index is 1.97. The molecule has 0 aliphatic rings. The fraction of sp³-hybridized carbons (Fsp3) is 0.316. The van der Waals surface area contributed by atoms with Crippen LogP contribution in [0.4, 0.5) is 0 Å². The van der Waals surface area contributed by atoms with Gasteiger partial charge in [0.05, 0.1) is 12.3 Å². The molecule has 0 saturated heterocycles. The summed E-state index contributed by atoms with van der Waals surface area (Å²) < 4.78 is 6.36. The van der Waals surface area contributed by atoms with Crippen molar-refractivity contribution in [3.8, 4) is 11.3 Å². The average Bonchev–Trinajstić information content (AvgIpc) is 2.99. The predicted octanol–water partition coefficient (Wildman–Crippen LogP) is 2.80. The van der Waals surface area contributed by atoms with Crippen LogP contribution in [0.3, 0.4) is 0 Å². The van der Waals surface area contributed by atoms with Gasteiger partial charge in [-0.2, -0.15) is 0 Å². The summed E-state index contributed by atoms with van der Waals surface area (Å²) in [5, 5.41) is 3.11. The number of carbonyl (C=O) groups excluding carboxylic acids is 1. The zero-order valence-corrected chi connectivity index (χ0v) is 14.6. The molecule has 0 amide bonds. The van der Waals surface area contributed by atoms with E-state index in [1.165, 1.54) is 10.1 Å². The van der Waals surface area contributed by atoms with E-state index in [-0.39, 0.29) is 17.9 Å². The molecule has 0 aliphatic carbocycles. The number of H-pyrrole nitrogens is 1. The summed E-state index contributed by atoms with van der Waals surface area (Å²) in [5.41, 5.74) is 4.55. The van der Waals surface area contributed by atoms with Gasteiger partial charge in [0.15, 0.2) is 5.65 Å². The Kier molecular flexibility index (Phi) is 4.70. The number of hydrogen-bond acceptors (Lipinski definition) is 4. The summed E-state index contributed by atoms with van der Waals surface area (Å²) in [7, 11) is 0. The maximum absolute atomic E-state index is 12.8. The van der Waals surface area contributed by atoms with Crippen LogP contribution in [0, 0.1) is 13.8 Å². The van der Waals surface area contributed by atoms with Crippen molar-refractivity contribution in [2.24, 2.45) is 0 Å². The molecule has 0 spiro atoms. The molecule has 6 heteroatoms. The van der Waals surface area contributed by atoms with E-state index in [4.69, 9.17) is 4.74 Å². The highest BCUT2D eigenvalue weighted by Crippen LogP contribution is 2.19. The standard InChI is InChI=1S/C19H21N3O3/c1-4-25-18(23)10-9-15-13(3)20-17-11-16(21-22(17)19(15)24)14-7-5-12(2)6-8-14/h5-8,11,21H,4,9-10H2,1-3H3. The molecule has 2 aromatic heterocycles. The van der Waals surface area contributed by atoms with E-state index in [0.29, 0.717) is 29.9 Å². The van der Waals surface area contributed by atoms with Crippen LogP contribution < -0.4 is 5.56 Å². The summed E-state index contributed by atoms with van der Waals surface area (Å²) in [6, 6.07) is 9.90. The third-order valence-electron chi connectivity index (χ3n) is 4.16. The summed E-state index contributed by atoms with van der Waals surface area (Å²) in [5.74, 6) is -0.307. The summed E-state index contributed by atoms with van der Waals surface area (Å²) in [6.07, 6.45) is 0.488. The lowest BCUT2D eigenvalue weighted by molar-refractivity contribution is -0.143. The molecule has 3 rings (SSSR count). The first kappa shape index (κ1) is 17.0. The summed E-state index contributed by atoms with van der Waals surface area (Å²) in [4.78, 5) is 28.8. The number of carbonyl (C=O) groups is 1. The molecule has 0 radical (unpaired) electrons. The number of aromatic amines is 1. The molecule has 3 aromatic rings. The molecule has 1 N–H and O–H groups in total. The summed E-state index contributed by atoms with van der Waals surface area (Å²) in [6.45, 7) is 5.92. The Bertz CT molecular complexity index is 968. The molecule has 25 heavy (non-hydrogen) atoms. The molecule has 0 bridgehead atoms. The molecule has 0 fully saturated rings. The van der Waals surface area contributed by atoms with Crippen molar-refractivity contribution in [1.29, 1.82) is 0 Å². The van der Waals surface area contributed by atoms with Gasteiger partial charge in [-0.15, -0.1) is 0 Å². The highest BCUT2D eigenvalue weighted by molar-refractivity contribution is 5.69. The maximum atomic E-state index is 12.8. The van der Waals surface area contributed by atoms with Crippen molar-refractivity contribution in [2.75, 3.05) is 6.61 Å². The van der Waals surface area contributed by atoms with Crippen LogP contribution >= 0.6 is 0 Å². The number of esters is 1. The van der Waals surface area contributed by atoms with Gasteiger partial charge in [-0.05, 0) is 32.8 Å². The molecular formula is C19H21N3O3. The van der Waals surface area contributed by atoms with E-state index in [1.807, 2.05) is 37.3 Å². The number of hydrogen-bond donors (Lipinski definition) is 1. The molecule has 0 unspecified atom stereocenters. The number of ether oxygens (including phenoxy) is 1. The van der Waals surface area contributed by atoms with Gasteiger partial charge < -0.3 is 4.74 Å². The second-order valence-corrected chi connectivity index (χ2v) is 6.02. The Hall–Kier alpha value is -2.89. The van der Waals surface area contributed by atoms with E-state index in [2.05, 4.69) is 10.1 Å². The van der Waals surface area contributed by atoms with Crippen molar-refractivity contribution in [1.82, 2.24) is 14.6 Å². The van der Waals surface area contributed by atoms with Crippen LogP contribution in [0.2, 0.25) is 0 Å². The van der Waals surface area contributed by atoms with E-state index < -0.39 is 0 Å². The van der Waals surface area contributed by atoms with Gasteiger partial charge >= 0.3 is 5.97 Å². The number of nitrogens with one attached hydrogen (secondary N) is 1. The van der Waals surface area contributed by atoms with Crippen molar-refractivity contribution in [2.45, 2.75) is 33.6 Å². The predicted molar refractivity (Wildman–Crippen MR) is 95.7 cm³/mol. The average molecular weight is 339 g/mol. The number of nitrogens with zero attached hydrogens (tertiary/aromatic N) is 2. The first-order valence-electron chi connectivity index (χ1n) is 8.33. The van der Waals surface area contributed by atoms with Gasteiger partial charge in [0.1, 0.15) is 0 Å². The molecule has 0 saturated carbocycles. The Morgan fingerprint density at radius 1 is 1.24 bits per heavy atom. The number of aromatic nitrogens is 3. The van der Waals surface area contributed by atoms with Crippen LogP contribution in [-0.4, -0.2) is 27.2 Å². The van der Waals surface area contributed by atoms with E-state index >= 15 is 0 Å². The third-order valence-corrected chi connectivity index (χ3v) is 4.16. The molecule has 130 valence electrons. The molecular weight excluding hydrogens is 318 g/mol. The fourth-order valence-electron chi connectivity index (χ4n) is 2.80. The second kappa shape index (κ2) is 6.93. The van der Waals surface area contributed by atoms with Crippen LogP contribution in [-0.2, 0) is 16.0 Å². The minimum absolute atomic E-state index is 0.170. The maximum Gasteiger partial charge on any atom is 0.306 e. The first-order valence-corrected chi connectivity index (χ1v) is 8.33. The lowest BCUT2D eigenvalue weighted by Gasteiger charge is -2.05. The van der Waals surface area contributed by atoms with E-state index in [1.54, 1.807) is 13.8 Å². The number of fused-ring (bicyclic) bond motifs is 1. The first-order chi connectivity index (χ1) is 12.0. The van der Waals surface area contributed by atoms with Crippen molar-refractivity contribution in [3.63, 3.8) is 0 Å².